The van der Waals surface area contributed by atoms with Gasteiger partial charge < -0.3 is 14.2 Å². The van der Waals surface area contributed by atoms with Crippen LogP contribution in [0.25, 0.3) is 22.3 Å². The van der Waals surface area contributed by atoms with Crippen molar-refractivity contribution in [3.8, 4) is 11.4 Å². The van der Waals surface area contributed by atoms with E-state index in [0.29, 0.717) is 19.2 Å². The monoisotopic (exact) mass is 295 g/mol. The molecule has 0 unspecified atom stereocenters. The number of rotatable bonds is 2. The maximum Gasteiger partial charge on any atom is 0.246 e. The predicted octanol–water partition coefficient (Wildman–Crippen LogP) is 1.87. The number of benzene rings is 1. The van der Waals surface area contributed by atoms with Gasteiger partial charge >= 0.3 is 0 Å². The zero-order valence-corrected chi connectivity index (χ0v) is 12.4. The van der Waals surface area contributed by atoms with Crippen molar-refractivity contribution in [1.82, 2.24) is 19.7 Å². The Hall–Kier alpha value is -2.47. The third-order valence-electron chi connectivity index (χ3n) is 4.06. The summed E-state index contributed by atoms with van der Waals surface area (Å²) in [5.74, 6) is 0.672. The summed E-state index contributed by atoms with van der Waals surface area (Å²) in [6, 6.07) is 10.4. The van der Waals surface area contributed by atoms with Gasteiger partial charge in [0.25, 0.3) is 0 Å². The molecule has 0 bridgehead atoms. The molecule has 1 saturated heterocycles. The average Bonchev–Trinajstić information content (AvgIpc) is 2.93. The summed E-state index contributed by atoms with van der Waals surface area (Å²) >= 11 is 0. The zero-order chi connectivity index (χ0) is 14.9. The molecule has 6 nitrogen and oxygen atoms in total. The van der Waals surface area contributed by atoms with Gasteiger partial charge in [-0.25, -0.2) is 4.98 Å². The zero-order valence-electron chi connectivity index (χ0n) is 12.4. The standard InChI is InChI=1S/C16H17N5O/c1-20-14-5-3-2-4-12(14)10-15(20)13-11-17-19-16(18-13)21-6-8-22-9-7-21/h2-5,10-11H,6-9H2,1H3. The summed E-state index contributed by atoms with van der Waals surface area (Å²) in [7, 11) is 2.05. The minimum Gasteiger partial charge on any atom is -0.378 e. The van der Waals surface area contributed by atoms with E-state index in [1.165, 1.54) is 10.9 Å². The first-order chi connectivity index (χ1) is 10.8. The third kappa shape index (κ3) is 2.21. The molecule has 3 aromatic rings. The van der Waals surface area contributed by atoms with Crippen LogP contribution in [0.2, 0.25) is 0 Å². The highest BCUT2D eigenvalue weighted by atomic mass is 16.5. The van der Waals surface area contributed by atoms with Crippen LogP contribution in [0.15, 0.2) is 36.5 Å². The Bertz CT molecular complexity index is 807. The van der Waals surface area contributed by atoms with Crippen LogP contribution in [0, 0.1) is 0 Å². The Kier molecular flexibility index (Phi) is 3.23. The van der Waals surface area contributed by atoms with Crippen LogP contribution in [0.3, 0.4) is 0 Å². The molecule has 1 aliphatic heterocycles. The van der Waals surface area contributed by atoms with Gasteiger partial charge in [0, 0.05) is 31.0 Å². The molecule has 0 N–H and O–H groups in total. The van der Waals surface area contributed by atoms with Gasteiger partial charge in [0.2, 0.25) is 5.95 Å². The van der Waals surface area contributed by atoms with Gasteiger partial charge in [0.1, 0.15) is 5.69 Å². The first-order valence-electron chi connectivity index (χ1n) is 7.40. The number of aryl methyl sites for hydroxylation is 1. The van der Waals surface area contributed by atoms with Crippen LogP contribution >= 0.6 is 0 Å². The third-order valence-corrected chi connectivity index (χ3v) is 4.06. The molecule has 2 aromatic heterocycles. The Balaban J connectivity index is 1.76. The number of hydrogen-bond acceptors (Lipinski definition) is 5. The van der Waals surface area contributed by atoms with Gasteiger partial charge in [-0.1, -0.05) is 18.2 Å². The van der Waals surface area contributed by atoms with Crippen molar-refractivity contribution in [2.24, 2.45) is 7.05 Å². The lowest BCUT2D eigenvalue weighted by Gasteiger charge is -2.26. The molecule has 0 atom stereocenters. The second kappa shape index (κ2) is 5.38. The minimum absolute atomic E-state index is 0.672. The van der Waals surface area contributed by atoms with Crippen molar-refractivity contribution < 1.29 is 4.74 Å². The SMILES string of the molecule is Cn1c(-c2cnnc(N3CCOCC3)n2)cc2ccccc21. The van der Waals surface area contributed by atoms with Crippen LogP contribution in [0.5, 0.6) is 0 Å². The van der Waals surface area contributed by atoms with Gasteiger partial charge in [0.05, 0.1) is 25.1 Å². The van der Waals surface area contributed by atoms with E-state index >= 15 is 0 Å². The van der Waals surface area contributed by atoms with Crippen LogP contribution in [-0.2, 0) is 11.8 Å². The first-order valence-corrected chi connectivity index (χ1v) is 7.40. The average molecular weight is 295 g/mol. The quantitative estimate of drug-likeness (QED) is 0.722. The highest BCUT2D eigenvalue weighted by Crippen LogP contribution is 2.26. The lowest BCUT2D eigenvalue weighted by Crippen LogP contribution is -2.37. The molecule has 1 aromatic carbocycles. The van der Waals surface area contributed by atoms with Crippen molar-refractivity contribution in [3.63, 3.8) is 0 Å². The van der Waals surface area contributed by atoms with Gasteiger partial charge in [-0.05, 0) is 12.1 Å². The van der Waals surface area contributed by atoms with Gasteiger partial charge in [-0.15, -0.1) is 5.10 Å². The van der Waals surface area contributed by atoms with E-state index in [4.69, 9.17) is 9.72 Å². The maximum absolute atomic E-state index is 5.37. The highest BCUT2D eigenvalue weighted by molar-refractivity contribution is 5.86. The van der Waals surface area contributed by atoms with Crippen molar-refractivity contribution in [2.45, 2.75) is 0 Å². The second-order valence-corrected chi connectivity index (χ2v) is 5.39. The number of hydrogen-bond donors (Lipinski definition) is 0. The molecule has 0 spiro atoms. The summed E-state index contributed by atoms with van der Waals surface area (Å²) in [5, 5.41) is 9.51. The highest BCUT2D eigenvalue weighted by Gasteiger charge is 2.16. The summed E-state index contributed by atoms with van der Waals surface area (Å²) in [5.41, 5.74) is 3.07. The van der Waals surface area contributed by atoms with Crippen molar-refractivity contribution in [2.75, 3.05) is 31.2 Å². The molecule has 1 fully saturated rings. The minimum atomic E-state index is 0.672. The molecule has 22 heavy (non-hydrogen) atoms. The second-order valence-electron chi connectivity index (χ2n) is 5.39. The Morgan fingerprint density at radius 3 is 2.77 bits per heavy atom. The number of anilines is 1. The lowest BCUT2D eigenvalue weighted by molar-refractivity contribution is 0.122. The molecule has 0 aliphatic carbocycles. The smallest absolute Gasteiger partial charge is 0.246 e. The fourth-order valence-electron chi connectivity index (χ4n) is 2.85. The lowest BCUT2D eigenvalue weighted by atomic mass is 10.2. The van der Waals surface area contributed by atoms with E-state index in [2.05, 4.69) is 37.9 Å². The topological polar surface area (TPSA) is 56.1 Å². The number of para-hydroxylation sites is 1. The number of morpholine rings is 1. The Morgan fingerprint density at radius 2 is 1.95 bits per heavy atom. The molecular formula is C16H17N5O. The van der Waals surface area contributed by atoms with Crippen LogP contribution in [0.1, 0.15) is 0 Å². The van der Waals surface area contributed by atoms with Crippen LogP contribution in [0.4, 0.5) is 5.95 Å². The number of ether oxygens (including phenoxy) is 1. The summed E-state index contributed by atoms with van der Waals surface area (Å²) in [6.45, 7) is 3.03. The normalized spacial score (nSPS) is 15.4. The molecule has 0 amide bonds. The van der Waals surface area contributed by atoms with Gasteiger partial charge in [-0.3, -0.25) is 0 Å². The fraction of sp³-hybridized carbons (Fsp3) is 0.312. The molecule has 0 saturated carbocycles. The Morgan fingerprint density at radius 1 is 1.14 bits per heavy atom. The molecule has 0 radical (unpaired) electrons. The summed E-state index contributed by atoms with van der Waals surface area (Å²) < 4.78 is 7.51. The number of nitrogens with zero attached hydrogens (tertiary/aromatic N) is 5. The summed E-state index contributed by atoms with van der Waals surface area (Å²) in [4.78, 5) is 6.81. The van der Waals surface area contributed by atoms with E-state index in [1.807, 2.05) is 19.2 Å². The number of fused-ring (bicyclic) bond motifs is 1. The summed E-state index contributed by atoms with van der Waals surface area (Å²) in [6.07, 6.45) is 1.72. The predicted molar refractivity (Wildman–Crippen MR) is 84.8 cm³/mol. The van der Waals surface area contributed by atoms with Crippen molar-refractivity contribution in [1.29, 1.82) is 0 Å². The molecule has 4 rings (SSSR count). The van der Waals surface area contributed by atoms with Crippen molar-refractivity contribution in [3.05, 3.63) is 36.5 Å². The van der Waals surface area contributed by atoms with Gasteiger partial charge in [-0.2, -0.15) is 5.10 Å². The molecular weight excluding hydrogens is 278 g/mol. The first kappa shape index (κ1) is 13.2. The van der Waals surface area contributed by atoms with E-state index < -0.39 is 0 Å². The molecule has 1 aliphatic rings. The van der Waals surface area contributed by atoms with E-state index in [-0.39, 0.29) is 0 Å². The number of aromatic nitrogens is 4. The maximum atomic E-state index is 5.37. The molecule has 112 valence electrons. The van der Waals surface area contributed by atoms with Crippen LogP contribution < -0.4 is 4.90 Å². The van der Waals surface area contributed by atoms with Crippen LogP contribution in [-0.4, -0.2) is 46.1 Å². The molecule has 3 heterocycles. The fourth-order valence-corrected chi connectivity index (χ4v) is 2.85. The Labute approximate surface area is 128 Å². The van der Waals surface area contributed by atoms with Crippen molar-refractivity contribution >= 4 is 16.9 Å². The largest absolute Gasteiger partial charge is 0.378 e. The van der Waals surface area contributed by atoms with E-state index in [1.54, 1.807) is 6.20 Å². The van der Waals surface area contributed by atoms with E-state index in [9.17, 15) is 0 Å². The molecule has 6 heteroatoms. The van der Waals surface area contributed by atoms with Gasteiger partial charge in [0.15, 0.2) is 0 Å². The van der Waals surface area contributed by atoms with E-state index in [0.717, 1.165) is 24.5 Å².